The molecule has 4 aliphatic rings. The third-order valence-corrected chi connectivity index (χ3v) is 5.94. The zero-order chi connectivity index (χ0) is 15.4. The van der Waals surface area contributed by atoms with Gasteiger partial charge in [0.15, 0.2) is 0 Å². The van der Waals surface area contributed by atoms with Crippen LogP contribution in [0.2, 0.25) is 5.02 Å². The second-order valence-electron chi connectivity index (χ2n) is 7.01. The highest BCUT2D eigenvalue weighted by Gasteiger charge is 2.53. The summed E-state index contributed by atoms with van der Waals surface area (Å²) in [5.74, 6) is 2.19. The van der Waals surface area contributed by atoms with E-state index in [0.717, 1.165) is 24.3 Å². The minimum Gasteiger partial charge on any atom is -0.444 e. The molecule has 2 N–H and O–H groups in total. The molecule has 1 spiro atoms. The molecule has 2 aromatic rings. The van der Waals surface area contributed by atoms with Crippen molar-refractivity contribution in [2.75, 3.05) is 12.0 Å². The maximum atomic E-state index is 6.03. The van der Waals surface area contributed by atoms with Gasteiger partial charge in [-0.05, 0) is 56.1 Å². The van der Waals surface area contributed by atoms with Crippen LogP contribution in [-0.2, 0) is 4.84 Å². The molecule has 7 heteroatoms. The number of anilines is 1. The molecule has 1 aliphatic heterocycles. The van der Waals surface area contributed by atoms with E-state index in [1.165, 1.54) is 31.9 Å². The normalized spacial score (nSPS) is 33.8. The average molecular weight is 335 g/mol. The third-order valence-electron chi connectivity index (χ3n) is 5.65. The quantitative estimate of drug-likeness (QED) is 0.876. The van der Waals surface area contributed by atoms with Gasteiger partial charge < -0.3 is 4.42 Å². The van der Waals surface area contributed by atoms with Crippen molar-refractivity contribution >= 4 is 28.5 Å². The fourth-order valence-electron chi connectivity index (χ4n) is 4.49. The molecule has 0 amide bonds. The van der Waals surface area contributed by atoms with Crippen LogP contribution in [0.5, 0.6) is 0 Å². The average Bonchev–Trinajstić information content (AvgIpc) is 3.13. The molecule has 6 nitrogen and oxygen atoms in total. The van der Waals surface area contributed by atoms with Crippen LogP contribution in [0, 0.1) is 11.8 Å². The first-order valence-electron chi connectivity index (χ1n) is 8.23. The summed E-state index contributed by atoms with van der Waals surface area (Å²) in [6, 6.07) is 3.80. The Morgan fingerprint density at radius 3 is 2.96 bits per heavy atom. The Bertz CT molecular complexity index is 743. The standard InChI is InChI=1S/C16H19ClN4O2/c17-13-8-22-15-12(13)5-6-14(18-15)19-21-9-16(23-20-21)7-10-1-3-11(16)4-2-10/h5-6,8,10-11,20H,1-4,7,9H2,(H,18,19)/t10?,11?,16-/m0/s1. The van der Waals surface area contributed by atoms with Crippen molar-refractivity contribution in [2.45, 2.75) is 37.7 Å². The largest absolute Gasteiger partial charge is 0.444 e. The van der Waals surface area contributed by atoms with E-state index in [9.17, 15) is 0 Å². The summed E-state index contributed by atoms with van der Waals surface area (Å²) in [4.78, 5) is 10.5. The van der Waals surface area contributed by atoms with Gasteiger partial charge in [0.2, 0.25) is 5.71 Å². The van der Waals surface area contributed by atoms with Gasteiger partial charge in [-0.25, -0.2) is 0 Å². The molecular formula is C16H19ClN4O2. The minimum absolute atomic E-state index is 0.0493. The molecule has 3 heterocycles. The van der Waals surface area contributed by atoms with Crippen LogP contribution < -0.4 is 11.0 Å². The number of hydrazine groups is 2. The molecule has 4 fully saturated rings. The molecular weight excluding hydrogens is 316 g/mol. The Kier molecular flexibility index (Phi) is 3.10. The fourth-order valence-corrected chi connectivity index (χ4v) is 4.68. The molecule has 1 saturated heterocycles. The number of fused-ring (bicyclic) bond motifs is 3. The molecule has 0 unspecified atom stereocenters. The first kappa shape index (κ1) is 14.0. The van der Waals surface area contributed by atoms with Gasteiger partial charge in [0.25, 0.3) is 0 Å². The summed E-state index contributed by atoms with van der Waals surface area (Å²) in [6.45, 7) is 0.826. The van der Waals surface area contributed by atoms with Gasteiger partial charge in [0.1, 0.15) is 17.7 Å². The molecule has 122 valence electrons. The van der Waals surface area contributed by atoms with E-state index < -0.39 is 0 Å². The van der Waals surface area contributed by atoms with E-state index in [-0.39, 0.29) is 5.60 Å². The second-order valence-corrected chi connectivity index (χ2v) is 7.42. The first-order chi connectivity index (χ1) is 11.2. The van der Waals surface area contributed by atoms with Gasteiger partial charge >= 0.3 is 0 Å². The Morgan fingerprint density at radius 1 is 1.30 bits per heavy atom. The Labute approximate surface area is 139 Å². The Morgan fingerprint density at radius 2 is 2.17 bits per heavy atom. The van der Waals surface area contributed by atoms with Gasteiger partial charge in [-0.1, -0.05) is 11.6 Å². The maximum Gasteiger partial charge on any atom is 0.229 e. The fraction of sp³-hybridized carbons (Fsp3) is 0.562. The summed E-state index contributed by atoms with van der Waals surface area (Å²) in [6.07, 6.45) is 7.96. The number of hydrogen-bond donors (Lipinski definition) is 2. The van der Waals surface area contributed by atoms with Crippen LogP contribution in [0.1, 0.15) is 32.1 Å². The van der Waals surface area contributed by atoms with Crippen molar-refractivity contribution in [3.63, 3.8) is 0 Å². The van der Waals surface area contributed by atoms with Gasteiger partial charge in [0, 0.05) is 0 Å². The van der Waals surface area contributed by atoms with Crippen molar-refractivity contribution in [1.82, 2.24) is 15.7 Å². The van der Waals surface area contributed by atoms with Crippen LogP contribution in [-0.4, -0.2) is 22.2 Å². The number of nitrogens with one attached hydrogen (secondary N) is 2. The topological polar surface area (TPSA) is 62.6 Å². The maximum absolute atomic E-state index is 6.03. The van der Waals surface area contributed by atoms with E-state index in [1.54, 1.807) is 0 Å². The molecule has 3 aliphatic carbocycles. The number of halogens is 1. The van der Waals surface area contributed by atoms with E-state index in [2.05, 4.69) is 16.0 Å². The van der Waals surface area contributed by atoms with Crippen LogP contribution in [0.25, 0.3) is 11.1 Å². The van der Waals surface area contributed by atoms with Gasteiger partial charge in [-0.3, -0.25) is 10.3 Å². The summed E-state index contributed by atoms with van der Waals surface area (Å²) < 4.78 is 5.35. The highest BCUT2D eigenvalue weighted by Crippen LogP contribution is 2.50. The Hall–Kier alpha value is -1.34. The lowest BCUT2D eigenvalue weighted by molar-refractivity contribution is -0.146. The molecule has 2 aromatic heterocycles. The van der Waals surface area contributed by atoms with Crippen LogP contribution in [0.4, 0.5) is 5.82 Å². The van der Waals surface area contributed by atoms with Gasteiger partial charge in [-0.2, -0.15) is 4.98 Å². The minimum atomic E-state index is -0.0493. The highest BCUT2D eigenvalue weighted by molar-refractivity contribution is 6.35. The zero-order valence-electron chi connectivity index (χ0n) is 12.7. The van der Waals surface area contributed by atoms with E-state index in [1.807, 2.05) is 17.3 Å². The molecule has 6 rings (SSSR count). The van der Waals surface area contributed by atoms with Gasteiger partial charge in [0.05, 0.1) is 17.0 Å². The number of hydrogen-bond acceptors (Lipinski definition) is 6. The molecule has 0 aromatic carbocycles. The summed E-state index contributed by atoms with van der Waals surface area (Å²) in [5.41, 5.74) is 6.77. The van der Waals surface area contributed by atoms with E-state index >= 15 is 0 Å². The van der Waals surface area contributed by atoms with E-state index in [0.29, 0.717) is 22.5 Å². The number of aromatic nitrogens is 1. The Balaban J connectivity index is 1.33. The highest BCUT2D eigenvalue weighted by atomic mass is 35.5. The van der Waals surface area contributed by atoms with Crippen molar-refractivity contribution in [2.24, 2.45) is 11.8 Å². The van der Waals surface area contributed by atoms with Crippen LogP contribution in [0.15, 0.2) is 22.8 Å². The molecule has 1 atom stereocenters. The van der Waals surface area contributed by atoms with Crippen molar-refractivity contribution in [1.29, 1.82) is 0 Å². The summed E-state index contributed by atoms with van der Waals surface area (Å²) in [5, 5.41) is 3.29. The smallest absolute Gasteiger partial charge is 0.229 e. The summed E-state index contributed by atoms with van der Waals surface area (Å²) in [7, 11) is 0. The zero-order valence-corrected chi connectivity index (χ0v) is 13.5. The summed E-state index contributed by atoms with van der Waals surface area (Å²) >= 11 is 6.03. The predicted molar refractivity (Wildman–Crippen MR) is 86.4 cm³/mol. The van der Waals surface area contributed by atoms with E-state index in [4.69, 9.17) is 20.9 Å². The van der Waals surface area contributed by atoms with Crippen LogP contribution in [0.3, 0.4) is 0 Å². The van der Waals surface area contributed by atoms with Crippen LogP contribution >= 0.6 is 11.6 Å². The number of pyridine rings is 1. The third kappa shape index (κ3) is 2.24. The van der Waals surface area contributed by atoms with Crippen molar-refractivity contribution in [3.05, 3.63) is 23.4 Å². The monoisotopic (exact) mass is 334 g/mol. The SMILES string of the molecule is Clc1coc2nc(NN3C[C@]4(CC5CCC4CC5)ON3)ccc12. The molecule has 0 radical (unpaired) electrons. The molecule has 2 bridgehead atoms. The van der Waals surface area contributed by atoms with Gasteiger partial charge in [-0.15, -0.1) is 10.7 Å². The molecule has 23 heavy (non-hydrogen) atoms. The number of furan rings is 1. The lowest BCUT2D eigenvalue weighted by atomic mass is 9.62. The lowest BCUT2D eigenvalue weighted by Gasteiger charge is -2.47. The number of rotatable bonds is 2. The second kappa shape index (κ2) is 5.08. The van der Waals surface area contributed by atoms with Crippen molar-refractivity contribution in [3.8, 4) is 0 Å². The van der Waals surface area contributed by atoms with Crippen molar-refractivity contribution < 1.29 is 9.25 Å². The number of nitrogens with zero attached hydrogens (tertiary/aromatic N) is 2. The lowest BCUT2D eigenvalue weighted by Crippen LogP contribution is -2.50. The first-order valence-corrected chi connectivity index (χ1v) is 8.61. The predicted octanol–water partition coefficient (Wildman–Crippen LogP) is 3.51. The molecule has 3 saturated carbocycles.